The number of anilines is 5. The second-order valence-corrected chi connectivity index (χ2v) is 6.90. The van der Waals surface area contributed by atoms with Crippen molar-refractivity contribution in [2.75, 3.05) is 16.0 Å². The van der Waals surface area contributed by atoms with Gasteiger partial charge in [-0.3, -0.25) is 10.1 Å². The Kier molecular flexibility index (Phi) is 5.57. The Labute approximate surface area is 179 Å². The highest BCUT2D eigenvalue weighted by Gasteiger charge is 2.16. The van der Waals surface area contributed by atoms with Crippen LogP contribution in [0.15, 0.2) is 59.1 Å². The zero-order valence-corrected chi connectivity index (χ0v) is 17.3. The van der Waals surface area contributed by atoms with Crippen molar-refractivity contribution in [2.24, 2.45) is 0 Å². The number of carbonyl (C=O) groups excluding carboxylic acids is 1. The largest absolute Gasteiger partial charge is 0.418 e. The van der Waals surface area contributed by atoms with E-state index in [1.54, 1.807) is 6.92 Å². The van der Waals surface area contributed by atoms with Crippen molar-refractivity contribution in [2.45, 2.75) is 20.8 Å². The fourth-order valence-electron chi connectivity index (χ4n) is 2.96. The summed E-state index contributed by atoms with van der Waals surface area (Å²) in [5.74, 6) is 0.806. The Morgan fingerprint density at radius 3 is 2.23 bits per heavy atom. The van der Waals surface area contributed by atoms with Crippen molar-refractivity contribution in [3.05, 3.63) is 77.4 Å². The monoisotopic (exact) mass is 415 g/mol. The molecule has 0 atom stereocenters. The lowest BCUT2D eigenvalue weighted by Gasteiger charge is -2.10. The third kappa shape index (κ3) is 4.84. The molecule has 0 aliphatic carbocycles. The fourth-order valence-corrected chi connectivity index (χ4v) is 2.96. The number of aryl methyl sites for hydroxylation is 3. The minimum absolute atomic E-state index is 0.0681. The summed E-state index contributed by atoms with van der Waals surface area (Å²) in [6.07, 6.45) is 1.35. The van der Waals surface area contributed by atoms with Crippen LogP contribution in [0.2, 0.25) is 0 Å². The zero-order valence-electron chi connectivity index (χ0n) is 17.3. The Balaban J connectivity index is 1.48. The first-order chi connectivity index (χ1) is 15.0. The lowest BCUT2D eigenvalue weighted by atomic mass is 10.1. The second kappa shape index (κ2) is 8.62. The Hall–Kier alpha value is -4.27. The van der Waals surface area contributed by atoms with E-state index in [1.165, 1.54) is 6.20 Å². The summed E-state index contributed by atoms with van der Waals surface area (Å²) in [6.45, 7) is 5.61. The quantitative estimate of drug-likeness (QED) is 0.421. The van der Waals surface area contributed by atoms with E-state index in [0.29, 0.717) is 11.8 Å². The second-order valence-electron chi connectivity index (χ2n) is 6.90. The zero-order chi connectivity index (χ0) is 21.8. The number of oxazole rings is 1. The van der Waals surface area contributed by atoms with Crippen LogP contribution >= 0.6 is 0 Å². The normalized spacial score (nSPS) is 10.5. The van der Waals surface area contributed by atoms with Crippen LogP contribution in [0.1, 0.15) is 27.5 Å². The van der Waals surface area contributed by atoms with E-state index in [1.807, 2.05) is 62.4 Å². The number of carbonyl (C=O) groups is 1. The Morgan fingerprint density at radius 2 is 1.52 bits per heavy atom. The molecule has 0 fully saturated rings. The molecule has 2 heterocycles. The van der Waals surface area contributed by atoms with Crippen LogP contribution in [-0.4, -0.2) is 25.8 Å². The molecule has 31 heavy (non-hydrogen) atoms. The van der Waals surface area contributed by atoms with Gasteiger partial charge in [0.25, 0.3) is 5.91 Å². The first-order valence-corrected chi connectivity index (χ1v) is 9.63. The molecule has 2 aromatic heterocycles. The predicted octanol–water partition coefficient (Wildman–Crippen LogP) is 4.52. The van der Waals surface area contributed by atoms with Gasteiger partial charge in [-0.25, -0.2) is 4.98 Å². The molecule has 9 nitrogen and oxygen atoms in total. The molecule has 0 radical (unpaired) electrons. The molecule has 0 unspecified atom stereocenters. The van der Waals surface area contributed by atoms with Crippen LogP contribution in [0.3, 0.4) is 0 Å². The summed E-state index contributed by atoms with van der Waals surface area (Å²) in [5.41, 5.74) is 3.53. The molecule has 4 aromatic rings. The SMILES string of the molecule is Cc1nc(Nc2ccccc2)nc(Nc2ncc(C(=O)Nc3c(C)cccc3C)o2)n1. The van der Waals surface area contributed by atoms with Gasteiger partial charge in [0.2, 0.25) is 17.7 Å². The van der Waals surface area contributed by atoms with Gasteiger partial charge < -0.3 is 15.1 Å². The highest BCUT2D eigenvalue weighted by Crippen LogP contribution is 2.22. The maximum Gasteiger partial charge on any atom is 0.302 e. The Morgan fingerprint density at radius 1 is 0.839 bits per heavy atom. The van der Waals surface area contributed by atoms with Gasteiger partial charge in [0.15, 0.2) is 0 Å². The number of nitrogens with zero attached hydrogens (tertiary/aromatic N) is 4. The van der Waals surface area contributed by atoms with Crippen LogP contribution in [-0.2, 0) is 0 Å². The molecule has 156 valence electrons. The fraction of sp³-hybridized carbons (Fsp3) is 0.136. The van der Waals surface area contributed by atoms with Gasteiger partial charge in [0.1, 0.15) is 5.82 Å². The smallest absolute Gasteiger partial charge is 0.302 e. The molecule has 2 aromatic carbocycles. The molecule has 0 spiro atoms. The average molecular weight is 415 g/mol. The number of para-hydroxylation sites is 2. The number of hydrogen-bond donors (Lipinski definition) is 3. The summed E-state index contributed by atoms with van der Waals surface area (Å²) in [6, 6.07) is 15.5. The summed E-state index contributed by atoms with van der Waals surface area (Å²) < 4.78 is 5.54. The minimum Gasteiger partial charge on any atom is -0.418 e. The van der Waals surface area contributed by atoms with Gasteiger partial charge >= 0.3 is 6.01 Å². The van der Waals surface area contributed by atoms with Gasteiger partial charge in [0, 0.05) is 11.4 Å². The molecule has 0 aliphatic rings. The van der Waals surface area contributed by atoms with Crippen molar-refractivity contribution in [1.29, 1.82) is 0 Å². The molecule has 1 amide bonds. The number of amides is 1. The topological polar surface area (TPSA) is 118 Å². The van der Waals surface area contributed by atoms with E-state index < -0.39 is 5.91 Å². The summed E-state index contributed by atoms with van der Waals surface area (Å²) in [4.78, 5) is 29.5. The first kappa shape index (κ1) is 20.0. The third-order valence-corrected chi connectivity index (χ3v) is 4.45. The number of benzene rings is 2. The van der Waals surface area contributed by atoms with E-state index in [0.717, 1.165) is 22.5 Å². The molecular weight excluding hydrogens is 394 g/mol. The van der Waals surface area contributed by atoms with Crippen LogP contribution in [0, 0.1) is 20.8 Å². The Bertz CT molecular complexity index is 1200. The van der Waals surface area contributed by atoms with Crippen LogP contribution in [0.25, 0.3) is 0 Å². The summed E-state index contributed by atoms with van der Waals surface area (Å²) in [7, 11) is 0. The van der Waals surface area contributed by atoms with Crippen LogP contribution < -0.4 is 16.0 Å². The average Bonchev–Trinajstić information content (AvgIpc) is 3.19. The van der Waals surface area contributed by atoms with Crippen molar-refractivity contribution in [1.82, 2.24) is 19.9 Å². The van der Waals surface area contributed by atoms with Gasteiger partial charge in [-0.15, -0.1) is 0 Å². The lowest BCUT2D eigenvalue weighted by Crippen LogP contribution is -2.13. The van der Waals surface area contributed by atoms with E-state index in [9.17, 15) is 4.79 Å². The van der Waals surface area contributed by atoms with Crippen molar-refractivity contribution in [3.63, 3.8) is 0 Å². The highest BCUT2D eigenvalue weighted by molar-refractivity contribution is 6.03. The minimum atomic E-state index is -0.392. The van der Waals surface area contributed by atoms with Gasteiger partial charge in [-0.2, -0.15) is 15.0 Å². The maximum absolute atomic E-state index is 12.6. The predicted molar refractivity (Wildman–Crippen MR) is 118 cm³/mol. The maximum atomic E-state index is 12.6. The van der Waals surface area contributed by atoms with Gasteiger partial charge in [-0.05, 0) is 44.0 Å². The molecule has 0 saturated heterocycles. The molecule has 0 saturated carbocycles. The van der Waals surface area contributed by atoms with Gasteiger partial charge in [-0.1, -0.05) is 36.4 Å². The molecule has 3 N–H and O–H groups in total. The number of rotatable bonds is 6. The van der Waals surface area contributed by atoms with Crippen molar-refractivity contribution in [3.8, 4) is 0 Å². The molecular formula is C22H21N7O2. The summed E-state index contributed by atoms with van der Waals surface area (Å²) >= 11 is 0. The van der Waals surface area contributed by atoms with Crippen molar-refractivity contribution >= 4 is 35.2 Å². The first-order valence-electron chi connectivity index (χ1n) is 9.63. The van der Waals surface area contributed by atoms with Crippen molar-refractivity contribution < 1.29 is 9.21 Å². The molecule has 9 heteroatoms. The third-order valence-electron chi connectivity index (χ3n) is 4.45. The van der Waals surface area contributed by atoms with Gasteiger partial charge in [0.05, 0.1) is 6.20 Å². The van der Waals surface area contributed by atoms with E-state index in [4.69, 9.17) is 4.42 Å². The van der Waals surface area contributed by atoms with E-state index >= 15 is 0 Å². The van der Waals surface area contributed by atoms with E-state index in [2.05, 4.69) is 35.9 Å². The molecule has 0 aliphatic heterocycles. The molecule has 4 rings (SSSR count). The molecule has 0 bridgehead atoms. The summed E-state index contributed by atoms with van der Waals surface area (Å²) in [5, 5.41) is 8.85. The standard InChI is InChI=1S/C22H21N7O2/c1-13-8-7-9-14(2)18(13)27-19(30)17-12-23-22(31-17)29-21-25-15(3)24-20(28-21)26-16-10-5-4-6-11-16/h4-12H,1-3H3,(H,27,30)(H2,23,24,25,26,28,29). The van der Waals surface area contributed by atoms with Crippen LogP contribution in [0.4, 0.5) is 29.3 Å². The number of hydrogen-bond acceptors (Lipinski definition) is 8. The van der Waals surface area contributed by atoms with Crippen LogP contribution in [0.5, 0.6) is 0 Å². The lowest BCUT2D eigenvalue weighted by molar-refractivity contribution is 0.0997. The highest BCUT2D eigenvalue weighted by atomic mass is 16.4. The van der Waals surface area contributed by atoms with E-state index in [-0.39, 0.29) is 17.7 Å². The number of aromatic nitrogens is 4. The number of nitrogens with one attached hydrogen (secondary N) is 3.